The first-order valence-electron chi connectivity index (χ1n) is 6.15. The Labute approximate surface area is 103 Å². The molecule has 3 heteroatoms. The van der Waals surface area contributed by atoms with Gasteiger partial charge in [-0.1, -0.05) is 50.1 Å². The molecule has 1 atom stereocenters. The second kappa shape index (κ2) is 7.85. The largest absolute Gasteiger partial charge is 0.367 e. The molecule has 0 unspecified atom stereocenters. The van der Waals surface area contributed by atoms with E-state index in [2.05, 4.69) is 12.2 Å². The van der Waals surface area contributed by atoms with Gasteiger partial charge in [0.15, 0.2) is 6.10 Å². The minimum absolute atomic E-state index is 0.0604. The van der Waals surface area contributed by atoms with Crippen LogP contribution in [0.1, 0.15) is 37.9 Å². The van der Waals surface area contributed by atoms with Crippen molar-refractivity contribution in [3.8, 4) is 0 Å². The zero-order valence-corrected chi connectivity index (χ0v) is 10.6. The van der Waals surface area contributed by atoms with Gasteiger partial charge in [-0.2, -0.15) is 0 Å². The molecule has 1 amide bonds. The van der Waals surface area contributed by atoms with Crippen LogP contribution in [0.3, 0.4) is 0 Å². The first-order valence-corrected chi connectivity index (χ1v) is 6.15. The summed E-state index contributed by atoms with van der Waals surface area (Å²) in [5, 5.41) is 2.90. The van der Waals surface area contributed by atoms with E-state index in [0.717, 1.165) is 31.4 Å². The van der Waals surface area contributed by atoms with Crippen molar-refractivity contribution in [1.82, 2.24) is 5.32 Å². The fourth-order valence-electron chi connectivity index (χ4n) is 1.70. The van der Waals surface area contributed by atoms with Crippen LogP contribution in [0, 0.1) is 0 Å². The van der Waals surface area contributed by atoms with Crippen molar-refractivity contribution < 1.29 is 9.53 Å². The SMILES string of the molecule is CCCCCNC(=O)[C@@H](OC)c1ccccc1. The van der Waals surface area contributed by atoms with Crippen LogP contribution in [0.25, 0.3) is 0 Å². The zero-order chi connectivity index (χ0) is 12.5. The zero-order valence-electron chi connectivity index (χ0n) is 10.6. The number of hydrogen-bond acceptors (Lipinski definition) is 2. The summed E-state index contributed by atoms with van der Waals surface area (Å²) < 4.78 is 5.24. The molecule has 3 nitrogen and oxygen atoms in total. The molecule has 0 saturated carbocycles. The van der Waals surface area contributed by atoms with Crippen LogP contribution in [-0.4, -0.2) is 19.6 Å². The van der Waals surface area contributed by atoms with Crippen LogP contribution in [0.15, 0.2) is 30.3 Å². The summed E-state index contributed by atoms with van der Waals surface area (Å²) in [5.41, 5.74) is 0.892. The van der Waals surface area contributed by atoms with Gasteiger partial charge in [-0.15, -0.1) is 0 Å². The molecule has 1 rings (SSSR count). The number of rotatable bonds is 7. The molecule has 0 bridgehead atoms. The predicted octanol–water partition coefficient (Wildman–Crippen LogP) is 2.68. The summed E-state index contributed by atoms with van der Waals surface area (Å²) >= 11 is 0. The number of benzene rings is 1. The average Bonchev–Trinajstić information content (AvgIpc) is 2.37. The van der Waals surface area contributed by atoms with Gasteiger partial charge in [0.1, 0.15) is 0 Å². The topological polar surface area (TPSA) is 38.3 Å². The lowest BCUT2D eigenvalue weighted by Gasteiger charge is -2.15. The second-order valence-corrected chi connectivity index (χ2v) is 4.02. The fraction of sp³-hybridized carbons (Fsp3) is 0.500. The molecule has 17 heavy (non-hydrogen) atoms. The van der Waals surface area contributed by atoms with Crippen molar-refractivity contribution in [3.63, 3.8) is 0 Å². The Balaban J connectivity index is 2.48. The van der Waals surface area contributed by atoms with Crippen molar-refractivity contribution in [2.24, 2.45) is 0 Å². The van der Waals surface area contributed by atoms with Gasteiger partial charge in [-0.25, -0.2) is 0 Å². The molecule has 0 aliphatic rings. The van der Waals surface area contributed by atoms with E-state index in [1.807, 2.05) is 30.3 Å². The molecule has 0 aromatic heterocycles. The minimum Gasteiger partial charge on any atom is -0.367 e. The predicted molar refractivity (Wildman–Crippen MR) is 68.7 cm³/mol. The Morgan fingerprint density at radius 3 is 2.59 bits per heavy atom. The van der Waals surface area contributed by atoms with E-state index in [0.29, 0.717) is 0 Å². The van der Waals surface area contributed by atoms with Gasteiger partial charge in [0, 0.05) is 13.7 Å². The molecular formula is C14H21NO2. The molecule has 94 valence electrons. The third kappa shape index (κ3) is 4.57. The molecule has 0 aliphatic carbocycles. The third-order valence-electron chi connectivity index (χ3n) is 2.66. The van der Waals surface area contributed by atoms with Gasteiger partial charge in [0.05, 0.1) is 0 Å². The van der Waals surface area contributed by atoms with E-state index in [4.69, 9.17) is 4.74 Å². The number of methoxy groups -OCH3 is 1. The lowest BCUT2D eigenvalue weighted by atomic mass is 10.1. The number of hydrogen-bond donors (Lipinski definition) is 1. The second-order valence-electron chi connectivity index (χ2n) is 4.02. The quantitative estimate of drug-likeness (QED) is 0.738. The Morgan fingerprint density at radius 2 is 2.00 bits per heavy atom. The van der Waals surface area contributed by atoms with Crippen molar-refractivity contribution in [2.45, 2.75) is 32.3 Å². The average molecular weight is 235 g/mol. The normalized spacial score (nSPS) is 12.1. The Bertz CT molecular complexity index is 324. The highest BCUT2D eigenvalue weighted by Gasteiger charge is 2.18. The number of nitrogens with one attached hydrogen (secondary N) is 1. The van der Waals surface area contributed by atoms with Crippen molar-refractivity contribution >= 4 is 5.91 Å². The van der Waals surface area contributed by atoms with Crippen LogP contribution in [-0.2, 0) is 9.53 Å². The van der Waals surface area contributed by atoms with Crippen molar-refractivity contribution in [1.29, 1.82) is 0 Å². The summed E-state index contributed by atoms with van der Waals surface area (Å²) in [4.78, 5) is 11.9. The lowest BCUT2D eigenvalue weighted by molar-refractivity contribution is -0.131. The highest BCUT2D eigenvalue weighted by atomic mass is 16.5. The van der Waals surface area contributed by atoms with Crippen LogP contribution >= 0.6 is 0 Å². The molecule has 1 aromatic carbocycles. The first-order chi connectivity index (χ1) is 8.29. The molecular weight excluding hydrogens is 214 g/mol. The maximum Gasteiger partial charge on any atom is 0.253 e. The van der Waals surface area contributed by atoms with E-state index in [-0.39, 0.29) is 5.91 Å². The van der Waals surface area contributed by atoms with Crippen LogP contribution in [0.5, 0.6) is 0 Å². The van der Waals surface area contributed by atoms with Gasteiger partial charge in [-0.3, -0.25) is 4.79 Å². The van der Waals surface area contributed by atoms with Gasteiger partial charge in [0.25, 0.3) is 5.91 Å². The monoisotopic (exact) mass is 235 g/mol. The number of ether oxygens (including phenoxy) is 1. The standard InChI is InChI=1S/C14H21NO2/c1-3-4-8-11-15-14(16)13(17-2)12-9-6-5-7-10-12/h5-7,9-10,13H,3-4,8,11H2,1-2H3,(H,15,16)/t13-/m0/s1. The molecule has 1 aromatic rings. The lowest BCUT2D eigenvalue weighted by Crippen LogP contribution is -2.31. The maximum atomic E-state index is 11.9. The maximum absolute atomic E-state index is 11.9. The van der Waals surface area contributed by atoms with E-state index in [9.17, 15) is 4.79 Å². The molecule has 0 heterocycles. The van der Waals surface area contributed by atoms with Gasteiger partial charge >= 0.3 is 0 Å². The number of carbonyl (C=O) groups is 1. The molecule has 0 fully saturated rings. The van der Waals surface area contributed by atoms with E-state index >= 15 is 0 Å². The molecule has 1 N–H and O–H groups in total. The summed E-state index contributed by atoms with van der Waals surface area (Å²) in [6, 6.07) is 9.55. The molecule has 0 aliphatic heterocycles. The fourth-order valence-corrected chi connectivity index (χ4v) is 1.70. The number of carbonyl (C=O) groups excluding carboxylic acids is 1. The number of amides is 1. The summed E-state index contributed by atoms with van der Waals surface area (Å²) in [6.07, 6.45) is 2.82. The summed E-state index contributed by atoms with van der Waals surface area (Å²) in [7, 11) is 1.56. The third-order valence-corrected chi connectivity index (χ3v) is 2.66. The van der Waals surface area contributed by atoms with Crippen molar-refractivity contribution in [3.05, 3.63) is 35.9 Å². The molecule has 0 saturated heterocycles. The molecule has 0 spiro atoms. The Morgan fingerprint density at radius 1 is 1.29 bits per heavy atom. The van der Waals surface area contributed by atoms with Crippen LogP contribution in [0.2, 0.25) is 0 Å². The minimum atomic E-state index is -0.502. The first kappa shape index (κ1) is 13.7. The highest BCUT2D eigenvalue weighted by molar-refractivity contribution is 5.82. The smallest absolute Gasteiger partial charge is 0.253 e. The number of unbranched alkanes of at least 4 members (excludes halogenated alkanes) is 2. The van der Waals surface area contributed by atoms with Gasteiger partial charge in [-0.05, 0) is 12.0 Å². The van der Waals surface area contributed by atoms with Crippen molar-refractivity contribution in [2.75, 3.05) is 13.7 Å². The summed E-state index contributed by atoms with van der Waals surface area (Å²) in [5.74, 6) is -0.0604. The van der Waals surface area contributed by atoms with Crippen LogP contribution < -0.4 is 5.32 Å². The summed E-state index contributed by atoms with van der Waals surface area (Å²) in [6.45, 7) is 2.86. The van der Waals surface area contributed by atoms with E-state index in [1.165, 1.54) is 0 Å². The van der Waals surface area contributed by atoms with E-state index < -0.39 is 6.10 Å². The van der Waals surface area contributed by atoms with E-state index in [1.54, 1.807) is 7.11 Å². The Kier molecular flexibility index (Phi) is 6.33. The molecule has 0 radical (unpaired) electrons. The highest BCUT2D eigenvalue weighted by Crippen LogP contribution is 2.15. The van der Waals surface area contributed by atoms with Gasteiger partial charge < -0.3 is 10.1 Å². The van der Waals surface area contributed by atoms with Gasteiger partial charge in [0.2, 0.25) is 0 Å². The Hall–Kier alpha value is -1.35. The van der Waals surface area contributed by atoms with Crippen LogP contribution in [0.4, 0.5) is 0 Å².